The minimum Gasteiger partial charge on any atom is -0.458 e. The largest absolute Gasteiger partial charge is 0.458 e. The molecule has 0 aliphatic heterocycles. The molecule has 0 bridgehead atoms. The lowest BCUT2D eigenvalue weighted by atomic mass is 9.47. The Labute approximate surface area is 179 Å². The molecule has 7 atom stereocenters. The van der Waals surface area contributed by atoms with Crippen LogP contribution in [0.5, 0.6) is 0 Å². The van der Waals surface area contributed by atoms with Crippen LogP contribution in [0, 0.1) is 28.6 Å². The molecular weight excluding hydrogens is 376 g/mol. The maximum absolute atomic E-state index is 12.7. The van der Waals surface area contributed by atoms with Gasteiger partial charge in [0.05, 0.1) is 18.3 Å². The molecule has 0 saturated heterocycles. The molecule has 30 heavy (non-hydrogen) atoms. The van der Waals surface area contributed by atoms with Gasteiger partial charge in [-0.15, -0.1) is 0 Å². The van der Waals surface area contributed by atoms with Gasteiger partial charge in [0.25, 0.3) is 0 Å². The normalized spacial score (nSPS) is 42.5. The fourth-order valence-electron chi connectivity index (χ4n) is 7.65. The summed E-state index contributed by atoms with van der Waals surface area (Å²) in [7, 11) is 0. The molecule has 0 heterocycles. The van der Waals surface area contributed by atoms with Crippen LogP contribution in [0.3, 0.4) is 0 Å². The Bertz CT molecular complexity index is 833. The SMILES string of the molecule is C[C@]12CC[C@H]3[C@H](CC=C4C[C@@H](O)CC[C@@]43CO)[C@@H]1CC[C@@H]2OC(=O)c1ccccc1. The molecule has 4 nitrogen and oxygen atoms in total. The van der Waals surface area contributed by atoms with Crippen molar-refractivity contribution in [2.24, 2.45) is 28.6 Å². The summed E-state index contributed by atoms with van der Waals surface area (Å²) in [4.78, 5) is 12.7. The third kappa shape index (κ3) is 2.98. The zero-order valence-corrected chi connectivity index (χ0v) is 17.9. The first-order valence-corrected chi connectivity index (χ1v) is 11.7. The number of aliphatic hydroxyl groups excluding tert-OH is 2. The van der Waals surface area contributed by atoms with Gasteiger partial charge in [-0.1, -0.05) is 36.8 Å². The second-order valence-corrected chi connectivity index (χ2v) is 10.4. The Morgan fingerprint density at radius 3 is 2.67 bits per heavy atom. The Morgan fingerprint density at radius 1 is 1.10 bits per heavy atom. The van der Waals surface area contributed by atoms with E-state index in [1.807, 2.05) is 30.3 Å². The lowest BCUT2D eigenvalue weighted by molar-refractivity contribution is -0.0927. The van der Waals surface area contributed by atoms with Crippen molar-refractivity contribution in [2.45, 2.75) is 70.5 Å². The van der Waals surface area contributed by atoms with Crippen LogP contribution in [0.1, 0.15) is 68.6 Å². The highest BCUT2D eigenvalue weighted by Gasteiger charge is 2.60. The monoisotopic (exact) mass is 410 g/mol. The molecule has 3 fully saturated rings. The van der Waals surface area contributed by atoms with Crippen molar-refractivity contribution >= 4 is 5.97 Å². The number of fused-ring (bicyclic) bond motifs is 5. The van der Waals surface area contributed by atoms with Gasteiger partial charge in [0, 0.05) is 10.8 Å². The van der Waals surface area contributed by atoms with Crippen molar-refractivity contribution in [1.82, 2.24) is 0 Å². The van der Waals surface area contributed by atoms with Gasteiger partial charge < -0.3 is 14.9 Å². The van der Waals surface area contributed by atoms with E-state index in [4.69, 9.17) is 4.74 Å². The number of allylic oxidation sites excluding steroid dienone is 1. The minimum absolute atomic E-state index is 0.0157. The van der Waals surface area contributed by atoms with E-state index in [1.54, 1.807) is 0 Å². The lowest BCUT2D eigenvalue weighted by Gasteiger charge is -2.58. The zero-order valence-electron chi connectivity index (χ0n) is 17.9. The van der Waals surface area contributed by atoms with Crippen molar-refractivity contribution in [3.8, 4) is 0 Å². The molecule has 3 saturated carbocycles. The Balaban J connectivity index is 1.38. The van der Waals surface area contributed by atoms with Gasteiger partial charge in [0.1, 0.15) is 6.10 Å². The topological polar surface area (TPSA) is 66.8 Å². The van der Waals surface area contributed by atoms with E-state index in [2.05, 4.69) is 13.0 Å². The molecule has 0 amide bonds. The molecular formula is C26H34O4. The lowest BCUT2D eigenvalue weighted by Crippen LogP contribution is -2.53. The highest BCUT2D eigenvalue weighted by atomic mass is 16.5. The van der Waals surface area contributed by atoms with E-state index < -0.39 is 0 Å². The van der Waals surface area contributed by atoms with Crippen molar-refractivity contribution in [1.29, 1.82) is 0 Å². The summed E-state index contributed by atoms with van der Waals surface area (Å²) in [5, 5.41) is 20.7. The van der Waals surface area contributed by atoms with E-state index in [0.29, 0.717) is 23.3 Å². The van der Waals surface area contributed by atoms with Gasteiger partial charge in [-0.2, -0.15) is 0 Å². The van der Waals surface area contributed by atoms with Crippen molar-refractivity contribution < 1.29 is 19.7 Å². The molecule has 5 rings (SSSR count). The Morgan fingerprint density at radius 2 is 1.90 bits per heavy atom. The van der Waals surface area contributed by atoms with Gasteiger partial charge in [-0.05, 0) is 81.3 Å². The zero-order chi connectivity index (χ0) is 20.9. The van der Waals surface area contributed by atoms with E-state index >= 15 is 0 Å². The molecule has 2 N–H and O–H groups in total. The quantitative estimate of drug-likeness (QED) is 0.568. The highest BCUT2D eigenvalue weighted by Crippen LogP contribution is 2.65. The summed E-state index contributed by atoms with van der Waals surface area (Å²) in [6.45, 7) is 2.53. The number of hydrogen-bond acceptors (Lipinski definition) is 4. The molecule has 162 valence electrons. The maximum Gasteiger partial charge on any atom is 0.338 e. The van der Waals surface area contributed by atoms with Crippen LogP contribution in [0.4, 0.5) is 0 Å². The summed E-state index contributed by atoms with van der Waals surface area (Å²) in [6, 6.07) is 9.32. The van der Waals surface area contributed by atoms with Crippen LogP contribution in [-0.2, 0) is 4.74 Å². The maximum atomic E-state index is 12.7. The average Bonchev–Trinajstić information content (AvgIpc) is 3.10. The first-order valence-electron chi connectivity index (χ1n) is 11.7. The number of carbonyl (C=O) groups excluding carboxylic acids is 1. The number of hydrogen-bond donors (Lipinski definition) is 2. The van der Waals surface area contributed by atoms with Crippen LogP contribution in [0.15, 0.2) is 42.0 Å². The predicted octanol–water partition coefficient (Wildman–Crippen LogP) is 4.51. The Kier molecular flexibility index (Phi) is 5.06. The van der Waals surface area contributed by atoms with Crippen molar-refractivity contribution in [2.75, 3.05) is 6.61 Å². The van der Waals surface area contributed by atoms with E-state index in [-0.39, 0.29) is 35.6 Å². The third-order valence-electron chi connectivity index (χ3n) is 9.26. The van der Waals surface area contributed by atoms with Gasteiger partial charge in [0.15, 0.2) is 0 Å². The molecule has 1 aromatic carbocycles. The highest BCUT2D eigenvalue weighted by molar-refractivity contribution is 5.89. The summed E-state index contributed by atoms with van der Waals surface area (Å²) >= 11 is 0. The number of ether oxygens (including phenoxy) is 1. The van der Waals surface area contributed by atoms with Crippen LogP contribution in [-0.4, -0.2) is 35.0 Å². The summed E-state index contributed by atoms with van der Waals surface area (Å²) in [5.41, 5.74) is 1.81. The Hall–Kier alpha value is -1.65. The van der Waals surface area contributed by atoms with E-state index in [9.17, 15) is 15.0 Å². The molecule has 1 aromatic rings. The predicted molar refractivity (Wildman–Crippen MR) is 115 cm³/mol. The summed E-state index contributed by atoms with van der Waals surface area (Å²) in [5.74, 6) is 1.34. The van der Waals surface area contributed by atoms with E-state index in [1.165, 1.54) is 5.57 Å². The second kappa shape index (κ2) is 7.49. The van der Waals surface area contributed by atoms with Crippen LogP contribution in [0.25, 0.3) is 0 Å². The van der Waals surface area contributed by atoms with Gasteiger partial charge >= 0.3 is 5.97 Å². The van der Waals surface area contributed by atoms with Crippen LogP contribution in [0.2, 0.25) is 0 Å². The first kappa shape index (κ1) is 20.3. The van der Waals surface area contributed by atoms with Crippen LogP contribution >= 0.6 is 0 Å². The standard InChI is InChI=1S/C26H34O4/c1-25-13-12-22-20(8-7-18-15-19(28)11-14-26(18,22)16-27)21(25)9-10-23(25)30-24(29)17-5-3-2-4-6-17/h2-7,19-23,27-28H,8-16H2,1H3/t19-,20+,21-,22-,23-,25-,26+/m0/s1. The molecule has 0 spiro atoms. The number of benzene rings is 1. The minimum atomic E-state index is -0.255. The van der Waals surface area contributed by atoms with Crippen molar-refractivity contribution in [3.05, 3.63) is 47.5 Å². The fraction of sp³-hybridized carbons (Fsp3) is 0.654. The van der Waals surface area contributed by atoms with Crippen molar-refractivity contribution in [3.63, 3.8) is 0 Å². The average molecular weight is 411 g/mol. The number of aliphatic hydroxyl groups is 2. The van der Waals surface area contributed by atoms with Gasteiger partial charge in [0.2, 0.25) is 0 Å². The molecule has 4 aliphatic rings. The molecule has 0 radical (unpaired) electrons. The summed E-state index contributed by atoms with van der Waals surface area (Å²) in [6.07, 6.45) is 9.66. The molecule has 0 aromatic heterocycles. The third-order valence-corrected chi connectivity index (χ3v) is 9.26. The molecule has 4 aliphatic carbocycles. The number of esters is 1. The summed E-state index contributed by atoms with van der Waals surface area (Å²) < 4.78 is 6.08. The van der Waals surface area contributed by atoms with E-state index in [0.717, 1.165) is 51.4 Å². The second-order valence-electron chi connectivity index (χ2n) is 10.4. The van der Waals surface area contributed by atoms with Gasteiger partial charge in [-0.3, -0.25) is 0 Å². The number of rotatable bonds is 3. The van der Waals surface area contributed by atoms with Crippen LogP contribution < -0.4 is 0 Å². The first-order chi connectivity index (χ1) is 14.5. The molecule has 0 unspecified atom stereocenters. The smallest absolute Gasteiger partial charge is 0.338 e. The number of carbonyl (C=O) groups is 1. The fourth-order valence-corrected chi connectivity index (χ4v) is 7.65. The molecule has 4 heteroatoms. The van der Waals surface area contributed by atoms with Gasteiger partial charge in [-0.25, -0.2) is 4.79 Å².